The van der Waals surface area contributed by atoms with Crippen LogP contribution in [0.4, 0.5) is 0 Å². The molecule has 0 radical (unpaired) electrons. The van der Waals surface area contributed by atoms with Gasteiger partial charge in [-0.2, -0.15) is 0 Å². The van der Waals surface area contributed by atoms with Crippen molar-refractivity contribution in [2.45, 2.75) is 13.5 Å². The maximum Gasteiger partial charge on any atom is 0.175 e. The maximum absolute atomic E-state index is 5.64. The molecule has 0 saturated heterocycles. The van der Waals surface area contributed by atoms with Crippen LogP contribution >= 0.6 is 15.9 Å². The fraction of sp³-hybridized carbons (Fsp3) is 0.400. The van der Waals surface area contributed by atoms with Crippen LogP contribution in [-0.4, -0.2) is 13.2 Å². The first-order valence-corrected chi connectivity index (χ1v) is 5.31. The Morgan fingerprint density at radius 3 is 2.64 bits per heavy atom. The number of halogens is 1. The van der Waals surface area contributed by atoms with E-state index < -0.39 is 0 Å². The Balaban J connectivity index is 2.58. The van der Waals surface area contributed by atoms with E-state index in [9.17, 15) is 0 Å². The lowest BCUT2D eigenvalue weighted by molar-refractivity contribution is 0.169. The first-order chi connectivity index (χ1) is 6.74. The van der Waals surface area contributed by atoms with Crippen molar-refractivity contribution < 1.29 is 9.47 Å². The van der Waals surface area contributed by atoms with Gasteiger partial charge in [0.05, 0.1) is 4.47 Å². The second kappa shape index (κ2) is 3.79. The molecule has 0 spiro atoms. The van der Waals surface area contributed by atoms with Gasteiger partial charge >= 0.3 is 0 Å². The van der Waals surface area contributed by atoms with Gasteiger partial charge in [-0.05, 0) is 40.0 Å². The summed E-state index contributed by atoms with van der Waals surface area (Å²) in [5.41, 5.74) is 7.79. The van der Waals surface area contributed by atoms with Crippen molar-refractivity contribution in [1.29, 1.82) is 0 Å². The third kappa shape index (κ3) is 1.48. The molecule has 0 aromatic heterocycles. The van der Waals surface area contributed by atoms with Crippen LogP contribution in [0, 0.1) is 6.92 Å². The number of fused-ring (bicyclic) bond motifs is 1. The molecular weight excluding hydrogens is 246 g/mol. The summed E-state index contributed by atoms with van der Waals surface area (Å²) in [5, 5.41) is 0. The Bertz CT molecular complexity index is 366. The Kier molecular flexibility index (Phi) is 2.65. The molecule has 76 valence electrons. The molecule has 1 aromatic carbocycles. The van der Waals surface area contributed by atoms with Gasteiger partial charge in [0.2, 0.25) is 0 Å². The van der Waals surface area contributed by atoms with Crippen LogP contribution in [0.2, 0.25) is 0 Å². The van der Waals surface area contributed by atoms with Crippen molar-refractivity contribution in [2.75, 3.05) is 13.2 Å². The molecule has 0 saturated carbocycles. The fourth-order valence-corrected chi connectivity index (χ4v) is 2.13. The van der Waals surface area contributed by atoms with E-state index in [4.69, 9.17) is 15.2 Å². The Morgan fingerprint density at radius 2 is 2.00 bits per heavy atom. The quantitative estimate of drug-likeness (QED) is 0.837. The van der Waals surface area contributed by atoms with Crippen molar-refractivity contribution >= 4 is 15.9 Å². The molecular formula is C10H12BrNO2. The zero-order chi connectivity index (χ0) is 10.1. The summed E-state index contributed by atoms with van der Waals surface area (Å²) in [4.78, 5) is 0. The molecule has 2 rings (SSSR count). The van der Waals surface area contributed by atoms with E-state index in [2.05, 4.69) is 15.9 Å². The van der Waals surface area contributed by atoms with Gasteiger partial charge in [-0.15, -0.1) is 0 Å². The number of nitrogens with two attached hydrogens (primary N) is 1. The van der Waals surface area contributed by atoms with Gasteiger partial charge in [-0.3, -0.25) is 0 Å². The highest BCUT2D eigenvalue weighted by atomic mass is 79.9. The van der Waals surface area contributed by atoms with Crippen LogP contribution in [0.1, 0.15) is 11.1 Å². The molecule has 0 fully saturated rings. The third-order valence-corrected chi connectivity index (χ3v) is 2.93. The zero-order valence-electron chi connectivity index (χ0n) is 7.97. The van der Waals surface area contributed by atoms with E-state index in [1.165, 1.54) is 0 Å². The molecule has 0 atom stereocenters. The first-order valence-electron chi connectivity index (χ1n) is 4.51. The molecule has 0 amide bonds. The van der Waals surface area contributed by atoms with E-state index in [0.717, 1.165) is 27.1 Å². The fourth-order valence-electron chi connectivity index (χ4n) is 1.56. The first kappa shape index (κ1) is 9.80. The maximum atomic E-state index is 5.64. The lowest BCUT2D eigenvalue weighted by Gasteiger charge is -2.22. The van der Waals surface area contributed by atoms with Gasteiger partial charge in [0.1, 0.15) is 13.2 Å². The number of rotatable bonds is 1. The van der Waals surface area contributed by atoms with Crippen LogP contribution in [0.15, 0.2) is 10.5 Å². The normalized spacial score (nSPS) is 14.2. The number of hydrogen-bond donors (Lipinski definition) is 1. The summed E-state index contributed by atoms with van der Waals surface area (Å²) in [6.45, 7) is 3.73. The molecule has 0 bridgehead atoms. The van der Waals surface area contributed by atoms with Crippen molar-refractivity contribution in [3.8, 4) is 11.5 Å². The molecule has 2 N–H and O–H groups in total. The van der Waals surface area contributed by atoms with Crippen LogP contribution in [0.25, 0.3) is 0 Å². The zero-order valence-corrected chi connectivity index (χ0v) is 9.56. The summed E-state index contributed by atoms with van der Waals surface area (Å²) < 4.78 is 12.0. The topological polar surface area (TPSA) is 44.5 Å². The van der Waals surface area contributed by atoms with Gasteiger partial charge in [0, 0.05) is 6.54 Å². The molecule has 14 heavy (non-hydrogen) atoms. The lowest BCUT2D eigenvalue weighted by Crippen LogP contribution is -2.17. The smallest absolute Gasteiger partial charge is 0.175 e. The largest absolute Gasteiger partial charge is 0.486 e. The van der Waals surface area contributed by atoms with E-state index in [-0.39, 0.29) is 0 Å². The summed E-state index contributed by atoms with van der Waals surface area (Å²) in [6.07, 6.45) is 0. The molecule has 4 heteroatoms. The van der Waals surface area contributed by atoms with Crippen molar-refractivity contribution in [3.63, 3.8) is 0 Å². The Morgan fingerprint density at radius 1 is 1.36 bits per heavy atom. The lowest BCUT2D eigenvalue weighted by atomic mass is 10.1. The van der Waals surface area contributed by atoms with E-state index in [1.807, 2.05) is 13.0 Å². The molecule has 0 aliphatic carbocycles. The highest BCUT2D eigenvalue weighted by Crippen LogP contribution is 2.41. The second-order valence-electron chi connectivity index (χ2n) is 3.20. The average molecular weight is 258 g/mol. The minimum atomic E-state index is 0.515. The third-order valence-electron chi connectivity index (χ3n) is 2.34. The average Bonchev–Trinajstić information content (AvgIpc) is 2.23. The van der Waals surface area contributed by atoms with Gasteiger partial charge in [0.15, 0.2) is 11.5 Å². The van der Waals surface area contributed by atoms with Gasteiger partial charge in [-0.1, -0.05) is 0 Å². The highest BCUT2D eigenvalue weighted by molar-refractivity contribution is 9.10. The van der Waals surface area contributed by atoms with Crippen molar-refractivity contribution in [2.24, 2.45) is 5.73 Å². The SMILES string of the molecule is Cc1c(CN)cc(Br)c2c1OCCO2. The molecule has 1 aliphatic rings. The summed E-state index contributed by atoms with van der Waals surface area (Å²) in [7, 11) is 0. The predicted molar refractivity (Wildman–Crippen MR) is 57.8 cm³/mol. The number of ether oxygens (including phenoxy) is 2. The standard InChI is InChI=1S/C10H12BrNO2/c1-6-7(5-12)4-8(11)10-9(6)13-2-3-14-10/h4H,2-3,5,12H2,1H3. The molecule has 1 aromatic rings. The van der Waals surface area contributed by atoms with Crippen LogP contribution in [-0.2, 0) is 6.54 Å². The van der Waals surface area contributed by atoms with Gasteiger partial charge < -0.3 is 15.2 Å². The van der Waals surface area contributed by atoms with Gasteiger partial charge in [-0.25, -0.2) is 0 Å². The molecule has 1 aliphatic heterocycles. The Hall–Kier alpha value is -0.740. The number of benzene rings is 1. The second-order valence-corrected chi connectivity index (χ2v) is 4.06. The summed E-state index contributed by atoms with van der Waals surface area (Å²) in [5.74, 6) is 1.62. The van der Waals surface area contributed by atoms with Crippen LogP contribution in [0.3, 0.4) is 0 Å². The van der Waals surface area contributed by atoms with Crippen molar-refractivity contribution in [1.82, 2.24) is 0 Å². The summed E-state index contributed by atoms with van der Waals surface area (Å²) in [6, 6.07) is 1.99. The Labute approximate surface area is 91.3 Å². The van der Waals surface area contributed by atoms with E-state index >= 15 is 0 Å². The molecule has 1 heterocycles. The van der Waals surface area contributed by atoms with Crippen molar-refractivity contribution in [3.05, 3.63) is 21.7 Å². The molecule has 0 unspecified atom stereocenters. The predicted octanol–water partition coefficient (Wildman–Crippen LogP) is 1.99. The monoisotopic (exact) mass is 257 g/mol. The number of hydrogen-bond acceptors (Lipinski definition) is 3. The van der Waals surface area contributed by atoms with Crippen LogP contribution < -0.4 is 15.2 Å². The minimum Gasteiger partial charge on any atom is -0.486 e. The summed E-state index contributed by atoms with van der Waals surface area (Å²) >= 11 is 3.45. The highest BCUT2D eigenvalue weighted by Gasteiger charge is 2.19. The van der Waals surface area contributed by atoms with Crippen LogP contribution in [0.5, 0.6) is 11.5 Å². The molecule has 3 nitrogen and oxygen atoms in total. The van der Waals surface area contributed by atoms with E-state index in [1.54, 1.807) is 0 Å². The minimum absolute atomic E-state index is 0.515. The van der Waals surface area contributed by atoms with Gasteiger partial charge in [0.25, 0.3) is 0 Å². The van der Waals surface area contributed by atoms with E-state index in [0.29, 0.717) is 19.8 Å².